The quantitative estimate of drug-likeness (QED) is 0.763. The van der Waals surface area contributed by atoms with Gasteiger partial charge in [0.1, 0.15) is 12.3 Å². The minimum absolute atomic E-state index is 0.0991. The largest absolute Gasteiger partial charge is 0.467 e. The molecule has 0 radical (unpaired) electrons. The Balaban J connectivity index is 1.93. The van der Waals surface area contributed by atoms with Crippen LogP contribution >= 0.6 is 11.8 Å². The van der Waals surface area contributed by atoms with Crippen LogP contribution in [0.25, 0.3) is 0 Å². The van der Waals surface area contributed by atoms with Gasteiger partial charge in [-0.15, -0.1) is 10.2 Å². The van der Waals surface area contributed by atoms with Gasteiger partial charge in [0.25, 0.3) is 0 Å². The van der Waals surface area contributed by atoms with Gasteiger partial charge in [0.15, 0.2) is 5.16 Å². The third-order valence-electron chi connectivity index (χ3n) is 2.36. The van der Waals surface area contributed by atoms with Crippen molar-refractivity contribution in [3.8, 4) is 0 Å². The van der Waals surface area contributed by atoms with E-state index in [0.717, 1.165) is 5.75 Å². The van der Waals surface area contributed by atoms with Crippen LogP contribution in [0.15, 0.2) is 28.0 Å². The molecule has 0 fully saturated rings. The Labute approximate surface area is 114 Å². The molecule has 8 heteroatoms. The molecule has 0 spiro atoms. The molecule has 0 saturated carbocycles. The molecule has 0 saturated heterocycles. The lowest BCUT2D eigenvalue weighted by molar-refractivity contribution is -0.122. The molecule has 2 aromatic rings. The monoisotopic (exact) mass is 281 g/mol. The van der Waals surface area contributed by atoms with Crippen LogP contribution in [-0.2, 0) is 17.9 Å². The highest BCUT2D eigenvalue weighted by molar-refractivity contribution is 7.99. The zero-order valence-electron chi connectivity index (χ0n) is 10.5. The lowest BCUT2D eigenvalue weighted by atomic mass is 10.4. The summed E-state index contributed by atoms with van der Waals surface area (Å²) in [6.07, 6.45) is 1.56. The second kappa shape index (κ2) is 6.28. The van der Waals surface area contributed by atoms with Crippen LogP contribution < -0.4 is 11.1 Å². The molecule has 102 valence electrons. The molecule has 0 aliphatic carbocycles. The van der Waals surface area contributed by atoms with Crippen molar-refractivity contribution in [3.63, 3.8) is 0 Å². The SMILES string of the molecule is CCSc1nnc(N)n1CC(=O)NCc1ccco1. The molecule has 0 bridgehead atoms. The van der Waals surface area contributed by atoms with E-state index < -0.39 is 0 Å². The number of nitrogen functional groups attached to an aromatic ring is 1. The summed E-state index contributed by atoms with van der Waals surface area (Å²) in [4.78, 5) is 11.8. The molecular weight excluding hydrogens is 266 g/mol. The fraction of sp³-hybridized carbons (Fsp3) is 0.364. The second-order valence-corrected chi connectivity index (χ2v) is 4.95. The number of amides is 1. The molecule has 0 aliphatic heterocycles. The molecule has 3 N–H and O–H groups in total. The van der Waals surface area contributed by atoms with Crippen LogP contribution in [0.5, 0.6) is 0 Å². The van der Waals surface area contributed by atoms with Gasteiger partial charge in [0.2, 0.25) is 11.9 Å². The predicted molar refractivity (Wildman–Crippen MR) is 71.4 cm³/mol. The van der Waals surface area contributed by atoms with Gasteiger partial charge in [-0.05, 0) is 17.9 Å². The number of rotatable bonds is 6. The number of nitrogens with two attached hydrogens (primary N) is 1. The van der Waals surface area contributed by atoms with E-state index in [4.69, 9.17) is 10.2 Å². The minimum Gasteiger partial charge on any atom is -0.467 e. The first-order chi connectivity index (χ1) is 9.20. The molecule has 1 amide bonds. The maximum atomic E-state index is 11.8. The van der Waals surface area contributed by atoms with Crippen LogP contribution in [0.3, 0.4) is 0 Å². The number of nitrogens with zero attached hydrogens (tertiary/aromatic N) is 3. The van der Waals surface area contributed by atoms with Gasteiger partial charge in [0, 0.05) is 0 Å². The maximum absolute atomic E-state index is 11.8. The summed E-state index contributed by atoms with van der Waals surface area (Å²) < 4.78 is 6.72. The zero-order chi connectivity index (χ0) is 13.7. The van der Waals surface area contributed by atoms with Gasteiger partial charge < -0.3 is 15.5 Å². The van der Waals surface area contributed by atoms with Crippen molar-refractivity contribution in [2.75, 3.05) is 11.5 Å². The van der Waals surface area contributed by atoms with Crippen LogP contribution in [0, 0.1) is 0 Å². The number of nitrogens with one attached hydrogen (secondary N) is 1. The number of carbonyl (C=O) groups excluding carboxylic acids is 1. The summed E-state index contributed by atoms with van der Waals surface area (Å²) in [5.74, 6) is 1.62. The molecule has 2 rings (SSSR count). The highest BCUT2D eigenvalue weighted by Crippen LogP contribution is 2.17. The van der Waals surface area contributed by atoms with Crippen molar-refractivity contribution in [3.05, 3.63) is 24.2 Å². The number of carbonyl (C=O) groups is 1. The summed E-state index contributed by atoms with van der Waals surface area (Å²) in [5, 5.41) is 11.1. The van der Waals surface area contributed by atoms with Crippen LogP contribution in [0.1, 0.15) is 12.7 Å². The Morgan fingerprint density at radius 2 is 2.42 bits per heavy atom. The average Bonchev–Trinajstić information content (AvgIpc) is 3.01. The summed E-state index contributed by atoms with van der Waals surface area (Å²) in [5.41, 5.74) is 5.69. The number of aromatic nitrogens is 3. The predicted octanol–water partition coefficient (Wildman–Crippen LogP) is 0.882. The molecule has 0 aliphatic rings. The fourth-order valence-corrected chi connectivity index (χ4v) is 2.15. The van der Waals surface area contributed by atoms with E-state index in [1.165, 1.54) is 11.8 Å². The van der Waals surface area contributed by atoms with E-state index in [1.54, 1.807) is 23.0 Å². The molecule has 2 heterocycles. The topological polar surface area (TPSA) is 99.0 Å². The summed E-state index contributed by atoms with van der Waals surface area (Å²) >= 11 is 1.49. The van der Waals surface area contributed by atoms with E-state index in [-0.39, 0.29) is 18.4 Å². The highest BCUT2D eigenvalue weighted by Gasteiger charge is 2.13. The van der Waals surface area contributed by atoms with E-state index in [2.05, 4.69) is 15.5 Å². The number of thioether (sulfide) groups is 1. The highest BCUT2D eigenvalue weighted by atomic mass is 32.2. The first-order valence-corrected chi connectivity index (χ1v) is 6.79. The minimum atomic E-state index is -0.166. The number of hydrogen-bond donors (Lipinski definition) is 2. The summed E-state index contributed by atoms with van der Waals surface area (Å²) in [7, 11) is 0. The van der Waals surface area contributed by atoms with Gasteiger partial charge in [-0.25, -0.2) is 0 Å². The van der Waals surface area contributed by atoms with Gasteiger partial charge in [0.05, 0.1) is 12.8 Å². The number of furan rings is 1. The summed E-state index contributed by atoms with van der Waals surface area (Å²) in [6.45, 7) is 2.45. The third-order valence-corrected chi connectivity index (χ3v) is 3.21. The van der Waals surface area contributed by atoms with E-state index in [1.807, 2.05) is 6.92 Å². The van der Waals surface area contributed by atoms with Gasteiger partial charge >= 0.3 is 0 Å². The zero-order valence-corrected chi connectivity index (χ0v) is 11.3. The number of hydrogen-bond acceptors (Lipinski definition) is 6. The van der Waals surface area contributed by atoms with E-state index in [9.17, 15) is 4.79 Å². The normalized spacial score (nSPS) is 10.6. The fourth-order valence-electron chi connectivity index (χ4n) is 1.48. The van der Waals surface area contributed by atoms with Gasteiger partial charge in [-0.2, -0.15) is 0 Å². The Morgan fingerprint density at radius 1 is 1.58 bits per heavy atom. The Bertz CT molecular complexity index is 537. The van der Waals surface area contributed by atoms with Crippen molar-refractivity contribution in [2.45, 2.75) is 25.2 Å². The van der Waals surface area contributed by atoms with Crippen molar-refractivity contribution >= 4 is 23.6 Å². The van der Waals surface area contributed by atoms with Crippen molar-refractivity contribution in [2.24, 2.45) is 0 Å². The maximum Gasteiger partial charge on any atom is 0.240 e. The first-order valence-electron chi connectivity index (χ1n) is 5.81. The van der Waals surface area contributed by atoms with Gasteiger partial charge in [-0.1, -0.05) is 18.7 Å². The Morgan fingerprint density at radius 3 is 3.11 bits per heavy atom. The standard InChI is InChI=1S/C11H15N5O2S/c1-2-19-11-15-14-10(12)16(11)7-9(17)13-6-8-4-3-5-18-8/h3-5H,2,6-7H2,1H3,(H2,12,14)(H,13,17). The second-order valence-electron chi connectivity index (χ2n) is 3.72. The van der Waals surface area contributed by atoms with Crippen molar-refractivity contribution < 1.29 is 9.21 Å². The van der Waals surface area contributed by atoms with E-state index >= 15 is 0 Å². The molecule has 7 nitrogen and oxygen atoms in total. The molecular formula is C11H15N5O2S. The van der Waals surface area contributed by atoms with Crippen LogP contribution in [0.2, 0.25) is 0 Å². The van der Waals surface area contributed by atoms with Crippen LogP contribution in [-0.4, -0.2) is 26.4 Å². The average molecular weight is 281 g/mol. The smallest absolute Gasteiger partial charge is 0.240 e. The summed E-state index contributed by atoms with van der Waals surface area (Å²) in [6, 6.07) is 3.57. The Kier molecular flexibility index (Phi) is 4.45. The van der Waals surface area contributed by atoms with Gasteiger partial charge in [-0.3, -0.25) is 9.36 Å². The first kappa shape index (κ1) is 13.5. The third kappa shape index (κ3) is 3.50. The molecule has 19 heavy (non-hydrogen) atoms. The van der Waals surface area contributed by atoms with Crippen LogP contribution in [0.4, 0.5) is 5.95 Å². The van der Waals surface area contributed by atoms with Crippen molar-refractivity contribution in [1.29, 1.82) is 0 Å². The lowest BCUT2D eigenvalue weighted by Gasteiger charge is -2.07. The lowest BCUT2D eigenvalue weighted by Crippen LogP contribution is -2.27. The molecule has 0 aromatic carbocycles. The van der Waals surface area contributed by atoms with E-state index in [0.29, 0.717) is 17.5 Å². The van der Waals surface area contributed by atoms with Crippen molar-refractivity contribution in [1.82, 2.24) is 20.1 Å². The molecule has 2 aromatic heterocycles. The molecule has 0 atom stereocenters. The molecule has 0 unspecified atom stereocenters. The number of anilines is 1. The Hall–Kier alpha value is -1.96.